The number of benzene rings is 1. The minimum absolute atomic E-state index is 0.157. The molecule has 1 aromatic carbocycles. The molecule has 18 heavy (non-hydrogen) atoms. The van der Waals surface area contributed by atoms with Crippen molar-refractivity contribution in [3.8, 4) is 0 Å². The molecule has 1 atom stereocenters. The van der Waals surface area contributed by atoms with Crippen molar-refractivity contribution in [2.75, 3.05) is 18.1 Å². The van der Waals surface area contributed by atoms with E-state index in [1.807, 2.05) is 18.2 Å². The Bertz CT molecular complexity index is 373. The highest BCUT2D eigenvalue weighted by atomic mass is 16.3. The summed E-state index contributed by atoms with van der Waals surface area (Å²) in [5.74, 6) is 0. The van der Waals surface area contributed by atoms with Crippen molar-refractivity contribution in [3.05, 3.63) is 29.8 Å². The zero-order chi connectivity index (χ0) is 13.0. The Morgan fingerprint density at radius 2 is 1.94 bits per heavy atom. The van der Waals surface area contributed by atoms with Gasteiger partial charge in [0.25, 0.3) is 0 Å². The number of anilines is 1. The molecule has 1 saturated carbocycles. The molecule has 0 bridgehead atoms. The van der Waals surface area contributed by atoms with Gasteiger partial charge in [0.05, 0.1) is 12.7 Å². The molecule has 3 nitrogen and oxygen atoms in total. The van der Waals surface area contributed by atoms with Crippen molar-refractivity contribution < 1.29 is 10.2 Å². The Labute approximate surface area is 109 Å². The number of nitrogens with zero attached hydrogens (tertiary/aromatic N) is 1. The molecular formula is C15H23NO2. The topological polar surface area (TPSA) is 43.7 Å². The normalized spacial score (nSPS) is 17.9. The molecule has 2 rings (SSSR count). The number of hydrogen-bond acceptors (Lipinski definition) is 3. The number of hydrogen-bond donors (Lipinski definition) is 2. The molecule has 0 saturated heterocycles. The lowest BCUT2D eigenvalue weighted by molar-refractivity contribution is 0.199. The van der Waals surface area contributed by atoms with E-state index in [-0.39, 0.29) is 6.61 Å². The number of aliphatic hydroxyl groups is 2. The lowest BCUT2D eigenvalue weighted by atomic mass is 10.0. The molecule has 0 radical (unpaired) electrons. The van der Waals surface area contributed by atoms with Crippen LogP contribution in [0.25, 0.3) is 0 Å². The third-order valence-corrected chi connectivity index (χ3v) is 3.80. The zero-order valence-corrected chi connectivity index (χ0v) is 11.0. The van der Waals surface area contributed by atoms with Gasteiger partial charge in [0.2, 0.25) is 0 Å². The molecule has 100 valence electrons. The van der Waals surface area contributed by atoms with Crippen molar-refractivity contribution in [1.29, 1.82) is 0 Å². The average molecular weight is 249 g/mol. The fourth-order valence-corrected chi connectivity index (χ4v) is 2.93. The van der Waals surface area contributed by atoms with E-state index in [9.17, 15) is 10.2 Å². The molecule has 3 heteroatoms. The highest BCUT2D eigenvalue weighted by Crippen LogP contribution is 2.32. The van der Waals surface area contributed by atoms with E-state index in [0.29, 0.717) is 12.6 Å². The van der Waals surface area contributed by atoms with Crippen LogP contribution in [0.3, 0.4) is 0 Å². The molecule has 1 aliphatic rings. The second-order valence-electron chi connectivity index (χ2n) is 5.09. The lowest BCUT2D eigenvalue weighted by Gasteiger charge is -2.33. The minimum atomic E-state index is -0.469. The number of rotatable bonds is 5. The fraction of sp³-hybridized carbons (Fsp3) is 0.600. The van der Waals surface area contributed by atoms with E-state index in [2.05, 4.69) is 11.0 Å². The summed E-state index contributed by atoms with van der Waals surface area (Å²) in [4.78, 5) is 2.27. The Kier molecular flexibility index (Phi) is 4.61. The van der Waals surface area contributed by atoms with Crippen molar-refractivity contribution in [3.63, 3.8) is 0 Å². The summed E-state index contributed by atoms with van der Waals surface area (Å²) in [6, 6.07) is 8.49. The molecule has 0 aromatic heterocycles. The van der Waals surface area contributed by atoms with Gasteiger partial charge in [0.15, 0.2) is 0 Å². The van der Waals surface area contributed by atoms with Crippen LogP contribution in [-0.2, 0) is 0 Å². The van der Waals surface area contributed by atoms with Gasteiger partial charge in [0.1, 0.15) is 0 Å². The quantitative estimate of drug-likeness (QED) is 0.842. The molecule has 2 N–H and O–H groups in total. The fourth-order valence-electron chi connectivity index (χ4n) is 2.93. The summed E-state index contributed by atoms with van der Waals surface area (Å²) in [6.45, 7) is 2.60. The first-order chi connectivity index (χ1) is 8.74. The first kappa shape index (κ1) is 13.4. The SMILES string of the molecule is CC(O)c1ccccc1N(CCO)C1CCCC1. The largest absolute Gasteiger partial charge is 0.395 e. The Morgan fingerprint density at radius 3 is 2.56 bits per heavy atom. The van der Waals surface area contributed by atoms with Crippen molar-refractivity contribution >= 4 is 5.69 Å². The molecule has 1 fully saturated rings. The molecule has 1 aliphatic carbocycles. The van der Waals surface area contributed by atoms with Gasteiger partial charge in [-0.15, -0.1) is 0 Å². The van der Waals surface area contributed by atoms with Crippen LogP contribution < -0.4 is 4.90 Å². The first-order valence-electron chi connectivity index (χ1n) is 6.88. The molecule has 1 aromatic rings. The maximum absolute atomic E-state index is 9.88. The van der Waals surface area contributed by atoms with Crippen LogP contribution in [0, 0.1) is 0 Å². The van der Waals surface area contributed by atoms with Crippen molar-refractivity contribution in [2.45, 2.75) is 44.8 Å². The summed E-state index contributed by atoms with van der Waals surface area (Å²) >= 11 is 0. The molecule has 0 spiro atoms. The standard InChI is InChI=1S/C15H23NO2/c1-12(18)14-8-4-5-9-15(14)16(10-11-17)13-6-2-3-7-13/h4-5,8-9,12-13,17-18H,2-3,6-7,10-11H2,1H3. The predicted molar refractivity (Wildman–Crippen MR) is 73.8 cm³/mol. The van der Waals surface area contributed by atoms with Crippen LogP contribution >= 0.6 is 0 Å². The van der Waals surface area contributed by atoms with E-state index in [1.165, 1.54) is 25.7 Å². The van der Waals surface area contributed by atoms with Crippen LogP contribution in [0.15, 0.2) is 24.3 Å². The van der Waals surface area contributed by atoms with Gasteiger partial charge in [-0.25, -0.2) is 0 Å². The molecule has 0 amide bonds. The molecule has 0 aliphatic heterocycles. The third kappa shape index (κ3) is 2.85. The predicted octanol–water partition coefficient (Wildman–Crippen LogP) is 2.48. The van der Waals surface area contributed by atoms with Gasteiger partial charge in [-0.1, -0.05) is 31.0 Å². The van der Waals surface area contributed by atoms with Gasteiger partial charge in [-0.2, -0.15) is 0 Å². The van der Waals surface area contributed by atoms with Crippen LogP contribution in [0.5, 0.6) is 0 Å². The van der Waals surface area contributed by atoms with Gasteiger partial charge in [-0.05, 0) is 25.8 Å². The Hall–Kier alpha value is -1.06. The van der Waals surface area contributed by atoms with E-state index in [4.69, 9.17) is 0 Å². The minimum Gasteiger partial charge on any atom is -0.395 e. The van der Waals surface area contributed by atoms with Gasteiger partial charge >= 0.3 is 0 Å². The molecular weight excluding hydrogens is 226 g/mol. The Balaban J connectivity index is 2.29. The summed E-state index contributed by atoms with van der Waals surface area (Å²) in [5.41, 5.74) is 2.03. The van der Waals surface area contributed by atoms with Crippen LogP contribution in [0.4, 0.5) is 5.69 Å². The Morgan fingerprint density at radius 1 is 1.28 bits per heavy atom. The lowest BCUT2D eigenvalue weighted by Crippen LogP contribution is -2.36. The summed E-state index contributed by atoms with van der Waals surface area (Å²) in [6.07, 6.45) is 4.44. The van der Waals surface area contributed by atoms with Crippen LogP contribution in [-0.4, -0.2) is 29.4 Å². The summed E-state index contributed by atoms with van der Waals surface area (Å²) in [7, 11) is 0. The van der Waals surface area contributed by atoms with E-state index in [1.54, 1.807) is 6.92 Å². The highest BCUT2D eigenvalue weighted by Gasteiger charge is 2.24. The van der Waals surface area contributed by atoms with E-state index >= 15 is 0 Å². The van der Waals surface area contributed by atoms with Crippen molar-refractivity contribution in [1.82, 2.24) is 0 Å². The van der Waals surface area contributed by atoms with Gasteiger partial charge < -0.3 is 15.1 Å². The van der Waals surface area contributed by atoms with E-state index < -0.39 is 6.10 Å². The first-order valence-corrected chi connectivity index (χ1v) is 6.88. The average Bonchev–Trinajstić information content (AvgIpc) is 2.89. The third-order valence-electron chi connectivity index (χ3n) is 3.80. The number of para-hydroxylation sites is 1. The van der Waals surface area contributed by atoms with E-state index in [0.717, 1.165) is 11.3 Å². The maximum atomic E-state index is 9.88. The van der Waals surface area contributed by atoms with Crippen LogP contribution in [0.1, 0.15) is 44.3 Å². The van der Waals surface area contributed by atoms with Crippen LogP contribution in [0.2, 0.25) is 0 Å². The highest BCUT2D eigenvalue weighted by molar-refractivity contribution is 5.55. The van der Waals surface area contributed by atoms with Gasteiger partial charge in [0, 0.05) is 23.8 Å². The van der Waals surface area contributed by atoms with Gasteiger partial charge in [-0.3, -0.25) is 0 Å². The summed E-state index contributed by atoms with van der Waals surface area (Å²) in [5, 5.41) is 19.2. The maximum Gasteiger partial charge on any atom is 0.0781 e. The zero-order valence-electron chi connectivity index (χ0n) is 11.0. The molecule has 0 heterocycles. The molecule has 1 unspecified atom stereocenters. The second-order valence-corrected chi connectivity index (χ2v) is 5.09. The monoisotopic (exact) mass is 249 g/mol. The second kappa shape index (κ2) is 6.21. The number of aliphatic hydroxyl groups excluding tert-OH is 2. The van der Waals surface area contributed by atoms with Crippen molar-refractivity contribution in [2.24, 2.45) is 0 Å². The summed E-state index contributed by atoms with van der Waals surface area (Å²) < 4.78 is 0. The smallest absolute Gasteiger partial charge is 0.0781 e.